The number of hydrogen-bond acceptors (Lipinski definition) is 11. The van der Waals surface area contributed by atoms with Crippen molar-refractivity contribution in [2.24, 2.45) is 0 Å². The van der Waals surface area contributed by atoms with E-state index in [1.54, 1.807) is 6.07 Å². The highest BCUT2D eigenvalue weighted by Crippen LogP contribution is 2.30. The van der Waals surface area contributed by atoms with Crippen LogP contribution in [-0.4, -0.2) is 110 Å². The average Bonchev–Trinajstić information content (AvgIpc) is 2.75. The van der Waals surface area contributed by atoms with Crippen LogP contribution < -0.4 is 5.32 Å². The molecule has 3 rings (SSSR count). The highest BCUT2D eigenvalue weighted by molar-refractivity contribution is 5.48. The molecule has 11 nitrogen and oxygen atoms in total. The summed E-state index contributed by atoms with van der Waals surface area (Å²) in [6.45, 7) is 2.64. The number of anilines is 1. The molecule has 2 saturated heterocycles. The second-order valence-corrected chi connectivity index (χ2v) is 8.00. The van der Waals surface area contributed by atoms with Gasteiger partial charge in [-0.2, -0.15) is 0 Å². The molecule has 0 radical (unpaired) electrons. The first kappa shape index (κ1) is 24.3. The van der Waals surface area contributed by atoms with Gasteiger partial charge in [-0.25, -0.2) is 0 Å². The third-order valence-electron chi connectivity index (χ3n) is 5.82. The maximum absolute atomic E-state index is 10.6. The minimum Gasteiger partial charge on any atom is -0.394 e. The second-order valence-electron chi connectivity index (χ2n) is 8.00. The molecule has 10 atom stereocenters. The fraction of sp³-hybridized carbons (Fsp3) is 0.700. The Morgan fingerprint density at radius 1 is 0.806 bits per heavy atom. The molecule has 31 heavy (non-hydrogen) atoms. The Kier molecular flexibility index (Phi) is 7.86. The number of ether oxygens (including phenoxy) is 3. The van der Waals surface area contributed by atoms with Gasteiger partial charge in [0.1, 0.15) is 48.8 Å². The maximum Gasteiger partial charge on any atom is 0.187 e. The van der Waals surface area contributed by atoms with Gasteiger partial charge in [-0.05, 0) is 37.1 Å². The average molecular weight is 445 g/mol. The van der Waals surface area contributed by atoms with Crippen LogP contribution in [-0.2, 0) is 14.2 Å². The van der Waals surface area contributed by atoms with Gasteiger partial charge >= 0.3 is 0 Å². The lowest BCUT2D eigenvalue weighted by molar-refractivity contribution is -0.340. The summed E-state index contributed by atoms with van der Waals surface area (Å²) < 4.78 is 16.5. The quantitative estimate of drug-likeness (QED) is 0.229. The van der Waals surface area contributed by atoms with E-state index in [0.29, 0.717) is 5.69 Å². The van der Waals surface area contributed by atoms with Gasteiger partial charge in [0.2, 0.25) is 0 Å². The number of aliphatic hydroxyl groups is 7. The Hall–Kier alpha value is -1.38. The van der Waals surface area contributed by atoms with Crippen LogP contribution in [0.15, 0.2) is 18.2 Å². The molecular formula is C20H31NO10. The van der Waals surface area contributed by atoms with Gasteiger partial charge in [-0.3, -0.25) is 0 Å². The van der Waals surface area contributed by atoms with Crippen molar-refractivity contribution < 1.29 is 50.0 Å². The second kappa shape index (κ2) is 10.0. The van der Waals surface area contributed by atoms with Crippen molar-refractivity contribution in [1.29, 1.82) is 0 Å². The predicted octanol–water partition coefficient (Wildman–Crippen LogP) is -2.66. The van der Waals surface area contributed by atoms with Crippen molar-refractivity contribution in [3.8, 4) is 0 Å². The van der Waals surface area contributed by atoms with Gasteiger partial charge in [-0.1, -0.05) is 6.07 Å². The van der Waals surface area contributed by atoms with E-state index in [1.807, 2.05) is 26.0 Å². The van der Waals surface area contributed by atoms with Crippen molar-refractivity contribution in [2.45, 2.75) is 75.2 Å². The zero-order valence-electron chi connectivity index (χ0n) is 17.3. The van der Waals surface area contributed by atoms with E-state index in [1.165, 1.54) is 0 Å². The van der Waals surface area contributed by atoms with Crippen LogP contribution in [0.5, 0.6) is 0 Å². The molecule has 0 spiro atoms. The third-order valence-corrected chi connectivity index (χ3v) is 5.82. The first-order chi connectivity index (χ1) is 14.7. The Morgan fingerprint density at radius 3 is 2.10 bits per heavy atom. The van der Waals surface area contributed by atoms with Gasteiger partial charge in [0.05, 0.1) is 13.2 Å². The Bertz CT molecular complexity index is 732. The first-order valence-electron chi connectivity index (χ1n) is 10.1. The lowest BCUT2D eigenvalue weighted by atomic mass is 9.96. The van der Waals surface area contributed by atoms with E-state index < -0.39 is 74.6 Å². The van der Waals surface area contributed by atoms with Crippen LogP contribution in [0.4, 0.5) is 5.69 Å². The van der Waals surface area contributed by atoms with Gasteiger partial charge in [-0.15, -0.1) is 0 Å². The SMILES string of the molecule is Cc1ccc(N[C@@H]2O[C@H](CO)[C@@H](O[C@H]3O[C@H](CO)[C@H](O)[C@H](O)[C@H]3O)[C@H](O)[C@H]2O)cc1C. The topological polar surface area (TPSA) is 181 Å². The molecule has 0 unspecified atom stereocenters. The van der Waals surface area contributed by atoms with Gasteiger partial charge in [0.25, 0.3) is 0 Å². The van der Waals surface area contributed by atoms with Crippen molar-refractivity contribution in [1.82, 2.24) is 0 Å². The summed E-state index contributed by atoms with van der Waals surface area (Å²) in [5.41, 5.74) is 2.74. The number of aryl methyl sites for hydroxylation is 2. The van der Waals surface area contributed by atoms with Crippen molar-refractivity contribution >= 4 is 5.69 Å². The van der Waals surface area contributed by atoms with E-state index in [9.17, 15) is 35.7 Å². The minimum absolute atomic E-state index is 0.586. The summed E-state index contributed by atoms with van der Waals surface area (Å²) >= 11 is 0. The van der Waals surface area contributed by atoms with Crippen molar-refractivity contribution in [3.63, 3.8) is 0 Å². The minimum atomic E-state index is -1.70. The van der Waals surface area contributed by atoms with Crippen LogP contribution in [0.2, 0.25) is 0 Å². The fourth-order valence-corrected chi connectivity index (χ4v) is 3.70. The molecule has 1 aromatic carbocycles. The third kappa shape index (κ3) is 5.01. The molecule has 2 aliphatic rings. The van der Waals surface area contributed by atoms with Crippen LogP contribution >= 0.6 is 0 Å². The maximum atomic E-state index is 10.6. The summed E-state index contributed by atoms with van der Waals surface area (Å²) in [6, 6.07) is 5.52. The van der Waals surface area contributed by atoms with Crippen LogP contribution in [0.25, 0.3) is 0 Å². The number of benzene rings is 1. The Labute approximate surface area is 179 Å². The normalized spacial score (nSPS) is 41.2. The van der Waals surface area contributed by atoms with E-state index in [4.69, 9.17) is 14.2 Å². The fourth-order valence-electron chi connectivity index (χ4n) is 3.70. The van der Waals surface area contributed by atoms with Gasteiger partial charge in [0, 0.05) is 5.69 Å². The van der Waals surface area contributed by atoms with Crippen LogP contribution in [0.3, 0.4) is 0 Å². The zero-order chi connectivity index (χ0) is 22.9. The molecule has 2 aliphatic heterocycles. The molecular weight excluding hydrogens is 414 g/mol. The monoisotopic (exact) mass is 445 g/mol. The molecule has 0 amide bonds. The molecule has 2 heterocycles. The number of rotatable bonds is 6. The lowest BCUT2D eigenvalue weighted by Crippen LogP contribution is -2.65. The summed E-state index contributed by atoms with van der Waals surface area (Å²) in [4.78, 5) is 0. The Balaban J connectivity index is 1.72. The first-order valence-corrected chi connectivity index (χ1v) is 10.1. The number of aliphatic hydroxyl groups excluding tert-OH is 7. The smallest absolute Gasteiger partial charge is 0.187 e. The van der Waals surface area contributed by atoms with Gasteiger partial charge < -0.3 is 55.3 Å². The summed E-state index contributed by atoms with van der Waals surface area (Å²) in [6.07, 6.45) is -14.2. The van der Waals surface area contributed by atoms with Crippen molar-refractivity contribution in [3.05, 3.63) is 29.3 Å². The molecule has 11 heteroatoms. The predicted molar refractivity (Wildman–Crippen MR) is 106 cm³/mol. The molecule has 1 aromatic rings. The van der Waals surface area contributed by atoms with E-state index in [0.717, 1.165) is 11.1 Å². The molecule has 176 valence electrons. The van der Waals surface area contributed by atoms with E-state index >= 15 is 0 Å². The molecule has 0 aromatic heterocycles. The van der Waals surface area contributed by atoms with Crippen LogP contribution in [0.1, 0.15) is 11.1 Å². The molecule has 0 saturated carbocycles. The van der Waals surface area contributed by atoms with Gasteiger partial charge in [0.15, 0.2) is 12.5 Å². The van der Waals surface area contributed by atoms with E-state index in [2.05, 4.69) is 5.32 Å². The Morgan fingerprint density at radius 2 is 1.48 bits per heavy atom. The molecule has 0 bridgehead atoms. The standard InChI is InChI=1S/C20H31NO10/c1-8-3-4-10(5-9(8)2)21-19-16(27)15(26)18(12(7-23)29-19)31-20-17(28)14(25)13(24)11(6-22)30-20/h3-5,11-28H,6-7H2,1-2H3/t11-,12-,13+,14+,15-,16-,17-,18-,19-,20-/m1/s1. The number of nitrogens with one attached hydrogen (secondary N) is 1. The zero-order valence-corrected chi connectivity index (χ0v) is 17.3. The van der Waals surface area contributed by atoms with Crippen LogP contribution in [0, 0.1) is 13.8 Å². The summed E-state index contributed by atoms with van der Waals surface area (Å²) in [5.74, 6) is 0. The van der Waals surface area contributed by atoms with E-state index in [-0.39, 0.29) is 0 Å². The summed E-state index contributed by atoms with van der Waals surface area (Å²) in [5, 5.41) is 73.2. The largest absolute Gasteiger partial charge is 0.394 e. The highest BCUT2D eigenvalue weighted by Gasteiger charge is 2.50. The molecule has 0 aliphatic carbocycles. The summed E-state index contributed by atoms with van der Waals surface area (Å²) in [7, 11) is 0. The highest BCUT2D eigenvalue weighted by atomic mass is 16.7. The number of hydrogen-bond donors (Lipinski definition) is 8. The molecule has 2 fully saturated rings. The lowest BCUT2D eigenvalue weighted by Gasteiger charge is -2.46. The van der Waals surface area contributed by atoms with Crippen molar-refractivity contribution in [2.75, 3.05) is 18.5 Å². The molecule has 8 N–H and O–H groups in total.